The summed E-state index contributed by atoms with van der Waals surface area (Å²) in [6, 6.07) is 8.94. The molecule has 2 aromatic rings. The standard InChI is InChI=1S/C13H14N4O2/c1-15-12-6-9(13(19)16-7-11(14)18)8-4-2-3-5-10(8)17-12/h2-6H,7H2,1H3,(H2,14,18)(H,15,17)(H,16,19). The fourth-order valence-electron chi connectivity index (χ4n) is 1.75. The minimum Gasteiger partial charge on any atom is -0.373 e. The second-order valence-electron chi connectivity index (χ2n) is 3.97. The SMILES string of the molecule is CNc1cc(C(=O)NCC(N)=O)c2ccccc2n1. The number of nitrogens with two attached hydrogens (primary N) is 1. The topological polar surface area (TPSA) is 97.1 Å². The highest BCUT2D eigenvalue weighted by atomic mass is 16.2. The lowest BCUT2D eigenvalue weighted by Crippen LogP contribution is -2.33. The quantitative estimate of drug-likeness (QED) is 0.743. The van der Waals surface area contributed by atoms with Gasteiger partial charge in [0.15, 0.2) is 0 Å². The molecule has 1 heterocycles. The lowest BCUT2D eigenvalue weighted by atomic mass is 10.1. The molecule has 0 spiro atoms. The molecule has 0 saturated heterocycles. The van der Waals surface area contributed by atoms with E-state index in [0.29, 0.717) is 16.9 Å². The Morgan fingerprint density at radius 2 is 2.05 bits per heavy atom. The van der Waals surface area contributed by atoms with Crippen LogP contribution in [0.4, 0.5) is 5.82 Å². The van der Waals surface area contributed by atoms with Gasteiger partial charge in [0.2, 0.25) is 5.91 Å². The van der Waals surface area contributed by atoms with Crippen molar-refractivity contribution in [2.24, 2.45) is 5.73 Å². The van der Waals surface area contributed by atoms with Crippen LogP contribution < -0.4 is 16.4 Å². The van der Waals surface area contributed by atoms with Gasteiger partial charge in [-0.25, -0.2) is 4.98 Å². The van der Waals surface area contributed by atoms with E-state index < -0.39 is 5.91 Å². The van der Waals surface area contributed by atoms with E-state index >= 15 is 0 Å². The maximum Gasteiger partial charge on any atom is 0.252 e. The largest absolute Gasteiger partial charge is 0.373 e. The van der Waals surface area contributed by atoms with Gasteiger partial charge in [-0.15, -0.1) is 0 Å². The molecule has 0 aliphatic carbocycles. The molecule has 0 bridgehead atoms. The third kappa shape index (κ3) is 2.79. The molecule has 4 N–H and O–H groups in total. The highest BCUT2D eigenvalue weighted by Gasteiger charge is 2.12. The molecule has 0 aliphatic heterocycles. The number of amides is 2. The predicted octanol–water partition coefficient (Wildman–Crippen LogP) is 0.492. The van der Waals surface area contributed by atoms with Crippen molar-refractivity contribution in [2.75, 3.05) is 18.9 Å². The fraction of sp³-hybridized carbons (Fsp3) is 0.154. The van der Waals surface area contributed by atoms with Gasteiger partial charge in [0.05, 0.1) is 17.6 Å². The van der Waals surface area contributed by atoms with Crippen LogP contribution in [-0.2, 0) is 4.79 Å². The first kappa shape index (κ1) is 12.8. The highest BCUT2D eigenvalue weighted by molar-refractivity contribution is 6.07. The Kier molecular flexibility index (Phi) is 3.61. The van der Waals surface area contributed by atoms with Gasteiger partial charge in [-0.05, 0) is 12.1 Å². The molecule has 0 radical (unpaired) electrons. The number of benzene rings is 1. The van der Waals surface area contributed by atoms with Crippen LogP contribution in [0.25, 0.3) is 10.9 Å². The van der Waals surface area contributed by atoms with Gasteiger partial charge in [0, 0.05) is 12.4 Å². The first-order chi connectivity index (χ1) is 9.11. The average Bonchev–Trinajstić information content (AvgIpc) is 2.43. The molecule has 19 heavy (non-hydrogen) atoms. The number of primary amides is 1. The van der Waals surface area contributed by atoms with E-state index in [4.69, 9.17) is 5.73 Å². The number of carbonyl (C=O) groups is 2. The van der Waals surface area contributed by atoms with Crippen molar-refractivity contribution in [3.05, 3.63) is 35.9 Å². The fourth-order valence-corrected chi connectivity index (χ4v) is 1.75. The molecule has 0 atom stereocenters. The molecule has 2 rings (SSSR count). The van der Waals surface area contributed by atoms with Crippen molar-refractivity contribution in [2.45, 2.75) is 0 Å². The lowest BCUT2D eigenvalue weighted by molar-refractivity contribution is -0.117. The van der Waals surface area contributed by atoms with Crippen molar-refractivity contribution in [1.29, 1.82) is 0 Å². The summed E-state index contributed by atoms with van der Waals surface area (Å²) in [7, 11) is 1.72. The summed E-state index contributed by atoms with van der Waals surface area (Å²) in [6.07, 6.45) is 0. The number of para-hydroxylation sites is 1. The van der Waals surface area contributed by atoms with Crippen LogP contribution in [0.1, 0.15) is 10.4 Å². The first-order valence-electron chi connectivity index (χ1n) is 5.76. The van der Waals surface area contributed by atoms with Crippen LogP contribution >= 0.6 is 0 Å². The van der Waals surface area contributed by atoms with Crippen molar-refractivity contribution >= 4 is 28.5 Å². The minimum atomic E-state index is -0.583. The number of carbonyl (C=O) groups excluding carboxylic acids is 2. The van der Waals surface area contributed by atoms with E-state index in [1.54, 1.807) is 19.2 Å². The van der Waals surface area contributed by atoms with Crippen molar-refractivity contribution in [1.82, 2.24) is 10.3 Å². The van der Waals surface area contributed by atoms with Crippen molar-refractivity contribution in [3.8, 4) is 0 Å². The van der Waals surface area contributed by atoms with Crippen LogP contribution in [0.3, 0.4) is 0 Å². The van der Waals surface area contributed by atoms with Crippen LogP contribution in [0.2, 0.25) is 0 Å². The Morgan fingerprint density at radius 1 is 1.32 bits per heavy atom. The zero-order chi connectivity index (χ0) is 13.8. The van der Waals surface area contributed by atoms with Crippen molar-refractivity contribution in [3.63, 3.8) is 0 Å². The van der Waals surface area contributed by atoms with Crippen LogP contribution in [0.5, 0.6) is 0 Å². The molecule has 1 aromatic carbocycles. The second-order valence-corrected chi connectivity index (χ2v) is 3.97. The van der Waals surface area contributed by atoms with E-state index in [1.165, 1.54) is 0 Å². The van der Waals surface area contributed by atoms with Gasteiger partial charge in [-0.2, -0.15) is 0 Å². The molecule has 0 fully saturated rings. The number of anilines is 1. The van der Waals surface area contributed by atoms with Gasteiger partial charge in [0.25, 0.3) is 5.91 Å². The number of nitrogens with one attached hydrogen (secondary N) is 2. The number of rotatable bonds is 4. The Bertz CT molecular complexity index is 640. The van der Waals surface area contributed by atoms with E-state index in [2.05, 4.69) is 15.6 Å². The van der Waals surface area contributed by atoms with E-state index in [9.17, 15) is 9.59 Å². The van der Waals surface area contributed by atoms with Crippen LogP contribution in [0.15, 0.2) is 30.3 Å². The van der Waals surface area contributed by atoms with Crippen molar-refractivity contribution < 1.29 is 9.59 Å². The molecule has 1 aromatic heterocycles. The number of aromatic nitrogens is 1. The second kappa shape index (κ2) is 5.34. The Hall–Kier alpha value is -2.63. The van der Waals surface area contributed by atoms with Gasteiger partial charge >= 0.3 is 0 Å². The number of pyridine rings is 1. The van der Waals surface area contributed by atoms with Gasteiger partial charge in [-0.3, -0.25) is 9.59 Å². The molecule has 0 unspecified atom stereocenters. The Labute approximate surface area is 110 Å². The summed E-state index contributed by atoms with van der Waals surface area (Å²) in [4.78, 5) is 27.1. The molecule has 2 amide bonds. The van der Waals surface area contributed by atoms with E-state index in [0.717, 1.165) is 5.39 Å². The van der Waals surface area contributed by atoms with Crippen LogP contribution in [-0.4, -0.2) is 30.4 Å². The average molecular weight is 258 g/mol. The first-order valence-corrected chi connectivity index (χ1v) is 5.76. The molecular formula is C13H14N4O2. The number of fused-ring (bicyclic) bond motifs is 1. The molecule has 0 saturated carbocycles. The van der Waals surface area contributed by atoms with E-state index in [-0.39, 0.29) is 12.5 Å². The predicted molar refractivity (Wildman–Crippen MR) is 72.8 cm³/mol. The van der Waals surface area contributed by atoms with E-state index in [1.807, 2.05) is 18.2 Å². The van der Waals surface area contributed by atoms with Gasteiger partial charge in [-0.1, -0.05) is 18.2 Å². The smallest absolute Gasteiger partial charge is 0.252 e. The number of nitrogens with zero attached hydrogens (tertiary/aromatic N) is 1. The van der Waals surface area contributed by atoms with Crippen LogP contribution in [0, 0.1) is 0 Å². The third-order valence-electron chi connectivity index (χ3n) is 2.64. The molecule has 98 valence electrons. The van der Waals surface area contributed by atoms with Gasteiger partial charge in [0.1, 0.15) is 5.82 Å². The third-order valence-corrected chi connectivity index (χ3v) is 2.64. The summed E-state index contributed by atoms with van der Waals surface area (Å²) in [5.74, 6) is -0.350. The summed E-state index contributed by atoms with van der Waals surface area (Å²) >= 11 is 0. The maximum absolute atomic E-state index is 12.1. The number of hydrogen-bond donors (Lipinski definition) is 3. The minimum absolute atomic E-state index is 0.190. The summed E-state index contributed by atoms with van der Waals surface area (Å²) in [6.45, 7) is -0.190. The zero-order valence-corrected chi connectivity index (χ0v) is 10.4. The Morgan fingerprint density at radius 3 is 2.74 bits per heavy atom. The van der Waals surface area contributed by atoms with Gasteiger partial charge < -0.3 is 16.4 Å². The lowest BCUT2D eigenvalue weighted by Gasteiger charge is -2.09. The molecule has 0 aliphatic rings. The Balaban J connectivity index is 2.45. The maximum atomic E-state index is 12.1. The molecule has 6 nitrogen and oxygen atoms in total. The molecule has 6 heteroatoms. The number of hydrogen-bond acceptors (Lipinski definition) is 4. The zero-order valence-electron chi connectivity index (χ0n) is 10.4. The normalized spacial score (nSPS) is 10.2. The molecular weight excluding hydrogens is 244 g/mol. The summed E-state index contributed by atoms with van der Waals surface area (Å²) in [5.41, 5.74) is 6.17. The summed E-state index contributed by atoms with van der Waals surface area (Å²) < 4.78 is 0. The highest BCUT2D eigenvalue weighted by Crippen LogP contribution is 2.20. The summed E-state index contributed by atoms with van der Waals surface area (Å²) in [5, 5.41) is 6.09. The monoisotopic (exact) mass is 258 g/mol.